The van der Waals surface area contributed by atoms with Crippen LogP contribution in [0.3, 0.4) is 0 Å². The van der Waals surface area contributed by atoms with Gasteiger partial charge in [0, 0.05) is 0 Å². The van der Waals surface area contributed by atoms with E-state index in [0.717, 1.165) is 12.8 Å². The largest absolute Gasteiger partial charge is 0.437 e. The van der Waals surface area contributed by atoms with Crippen molar-refractivity contribution in [2.24, 2.45) is 5.73 Å². The van der Waals surface area contributed by atoms with Crippen molar-refractivity contribution in [1.82, 2.24) is 4.98 Å². The van der Waals surface area contributed by atoms with Crippen LogP contribution in [0.1, 0.15) is 34.5 Å². The van der Waals surface area contributed by atoms with E-state index in [-0.39, 0.29) is 11.6 Å². The summed E-state index contributed by atoms with van der Waals surface area (Å²) in [4.78, 5) is 15.2. The minimum atomic E-state index is -0.606. The highest BCUT2D eigenvalue weighted by atomic mass is 16.5. The molecule has 0 radical (unpaired) electrons. The van der Waals surface area contributed by atoms with Crippen LogP contribution in [0, 0.1) is 0 Å². The molecule has 1 aliphatic carbocycles. The summed E-state index contributed by atoms with van der Waals surface area (Å²) in [5.74, 6) is 0.281. The Morgan fingerprint density at radius 2 is 1.86 bits per heavy atom. The Hall–Kier alpha value is -2.56. The number of pyridine rings is 1. The Balaban J connectivity index is 1.89. The molecule has 4 N–H and O–H groups in total. The summed E-state index contributed by atoms with van der Waals surface area (Å²) in [6, 6.07) is 9.06. The van der Waals surface area contributed by atoms with Crippen LogP contribution in [0.4, 0.5) is 5.69 Å². The maximum Gasteiger partial charge on any atom is 0.267 e. The summed E-state index contributed by atoms with van der Waals surface area (Å²) in [5.41, 5.74) is 14.2. The Labute approximate surface area is 122 Å². The lowest BCUT2D eigenvalue weighted by molar-refractivity contribution is 0.0995. The van der Waals surface area contributed by atoms with Gasteiger partial charge in [-0.15, -0.1) is 0 Å². The van der Waals surface area contributed by atoms with Gasteiger partial charge in [-0.2, -0.15) is 0 Å². The number of nitrogens with two attached hydrogens (primary N) is 2. The van der Waals surface area contributed by atoms with Gasteiger partial charge in [-0.3, -0.25) is 4.79 Å². The van der Waals surface area contributed by atoms with Gasteiger partial charge >= 0.3 is 0 Å². The Morgan fingerprint density at radius 1 is 1.10 bits per heavy atom. The van der Waals surface area contributed by atoms with E-state index >= 15 is 0 Å². The number of anilines is 1. The van der Waals surface area contributed by atoms with Crippen LogP contribution < -0.4 is 16.2 Å². The highest BCUT2D eigenvalue weighted by molar-refractivity contribution is 5.91. The van der Waals surface area contributed by atoms with Crippen molar-refractivity contribution in [3.63, 3.8) is 0 Å². The molecule has 5 heteroatoms. The normalized spacial score (nSPS) is 13.5. The summed E-state index contributed by atoms with van der Waals surface area (Å²) >= 11 is 0. The van der Waals surface area contributed by atoms with Gasteiger partial charge in [-0.25, -0.2) is 4.98 Å². The van der Waals surface area contributed by atoms with Crippen molar-refractivity contribution in [3.8, 4) is 11.6 Å². The van der Waals surface area contributed by atoms with Crippen LogP contribution in [0.2, 0.25) is 0 Å². The first-order chi connectivity index (χ1) is 10.1. The molecule has 3 rings (SSSR count). The first-order valence-electron chi connectivity index (χ1n) is 6.99. The minimum absolute atomic E-state index is 0.136. The quantitative estimate of drug-likeness (QED) is 0.905. The molecule has 1 aromatic heterocycles. The van der Waals surface area contributed by atoms with E-state index in [1.807, 2.05) is 12.1 Å². The zero-order chi connectivity index (χ0) is 14.8. The first-order valence-corrected chi connectivity index (χ1v) is 6.99. The van der Waals surface area contributed by atoms with Gasteiger partial charge in [0.2, 0.25) is 5.88 Å². The fourth-order valence-electron chi connectivity index (χ4n) is 2.56. The molecule has 0 unspecified atom stereocenters. The van der Waals surface area contributed by atoms with E-state index in [1.54, 1.807) is 6.07 Å². The second-order valence-corrected chi connectivity index (χ2v) is 5.19. The van der Waals surface area contributed by atoms with Crippen LogP contribution in [0.15, 0.2) is 30.3 Å². The van der Waals surface area contributed by atoms with Crippen LogP contribution in [0.5, 0.6) is 11.6 Å². The van der Waals surface area contributed by atoms with Gasteiger partial charge in [-0.05, 0) is 61.1 Å². The molecule has 0 saturated carbocycles. The number of hydrogen-bond acceptors (Lipinski definition) is 4. The van der Waals surface area contributed by atoms with E-state index in [2.05, 4.69) is 11.1 Å². The summed E-state index contributed by atoms with van der Waals surface area (Å²) < 4.78 is 5.72. The number of nitrogen functional groups attached to an aromatic ring is 1. The lowest BCUT2D eigenvalue weighted by Gasteiger charge is -2.16. The molecule has 2 aromatic rings. The maximum absolute atomic E-state index is 11.2. The number of primary amides is 1. The number of carbonyl (C=O) groups excluding carboxylic acids is 1. The maximum atomic E-state index is 11.2. The van der Waals surface area contributed by atoms with E-state index < -0.39 is 5.91 Å². The number of nitrogens with zero attached hydrogens (tertiary/aromatic N) is 1. The molecule has 0 saturated heterocycles. The van der Waals surface area contributed by atoms with E-state index in [4.69, 9.17) is 16.2 Å². The van der Waals surface area contributed by atoms with Gasteiger partial charge in [0.15, 0.2) is 0 Å². The average molecular weight is 283 g/mol. The molecular formula is C16H17N3O2. The fourth-order valence-corrected chi connectivity index (χ4v) is 2.56. The minimum Gasteiger partial charge on any atom is -0.437 e. The van der Waals surface area contributed by atoms with Crippen molar-refractivity contribution in [3.05, 3.63) is 47.2 Å². The zero-order valence-corrected chi connectivity index (χ0v) is 11.6. The molecule has 1 aromatic carbocycles. The Morgan fingerprint density at radius 3 is 2.62 bits per heavy atom. The number of rotatable bonds is 3. The van der Waals surface area contributed by atoms with Crippen molar-refractivity contribution in [2.45, 2.75) is 25.7 Å². The second-order valence-electron chi connectivity index (χ2n) is 5.19. The topological polar surface area (TPSA) is 91.2 Å². The van der Waals surface area contributed by atoms with Gasteiger partial charge in [0.05, 0.1) is 5.69 Å². The lowest BCUT2D eigenvalue weighted by Crippen LogP contribution is -2.13. The van der Waals surface area contributed by atoms with Crippen molar-refractivity contribution >= 4 is 11.6 Å². The summed E-state index contributed by atoms with van der Waals surface area (Å²) in [6.07, 6.45) is 4.63. The SMILES string of the molecule is NC(=O)c1ccc(N)c(Oc2ccc3c(c2)CCCC3)n1. The average Bonchev–Trinajstić information content (AvgIpc) is 2.49. The van der Waals surface area contributed by atoms with Crippen molar-refractivity contribution in [1.29, 1.82) is 0 Å². The van der Waals surface area contributed by atoms with Gasteiger partial charge in [-0.1, -0.05) is 6.07 Å². The summed E-state index contributed by atoms with van der Waals surface area (Å²) in [6.45, 7) is 0. The third kappa shape index (κ3) is 2.81. The highest BCUT2D eigenvalue weighted by Crippen LogP contribution is 2.30. The van der Waals surface area contributed by atoms with Gasteiger partial charge < -0.3 is 16.2 Å². The van der Waals surface area contributed by atoms with Crippen LogP contribution in [-0.2, 0) is 12.8 Å². The molecule has 5 nitrogen and oxygen atoms in total. The molecule has 1 heterocycles. The molecule has 21 heavy (non-hydrogen) atoms. The summed E-state index contributed by atoms with van der Waals surface area (Å²) in [5, 5.41) is 0. The molecule has 1 aliphatic rings. The Bertz CT molecular complexity index is 698. The number of fused-ring (bicyclic) bond motifs is 1. The first kappa shape index (κ1) is 13.4. The smallest absolute Gasteiger partial charge is 0.267 e. The number of aromatic nitrogens is 1. The number of aryl methyl sites for hydroxylation is 2. The van der Waals surface area contributed by atoms with E-state index in [1.165, 1.54) is 30.0 Å². The Kier molecular flexibility index (Phi) is 3.48. The zero-order valence-electron chi connectivity index (χ0n) is 11.6. The lowest BCUT2D eigenvalue weighted by atomic mass is 9.92. The molecule has 1 amide bonds. The number of amides is 1. The number of ether oxygens (including phenoxy) is 1. The monoisotopic (exact) mass is 283 g/mol. The number of carbonyl (C=O) groups is 1. The molecule has 0 atom stereocenters. The van der Waals surface area contributed by atoms with Gasteiger partial charge in [0.1, 0.15) is 11.4 Å². The predicted octanol–water partition coefficient (Wildman–Crippen LogP) is 2.43. The highest BCUT2D eigenvalue weighted by Gasteiger charge is 2.12. The van der Waals surface area contributed by atoms with Crippen LogP contribution in [-0.4, -0.2) is 10.9 Å². The third-order valence-electron chi connectivity index (χ3n) is 3.68. The molecule has 0 spiro atoms. The molecular weight excluding hydrogens is 266 g/mol. The standard InChI is InChI=1S/C16H17N3O2/c17-13-7-8-14(15(18)20)19-16(13)21-12-6-5-10-3-1-2-4-11(10)9-12/h5-9H,1-4,17H2,(H2,18,20). The number of benzene rings is 1. The third-order valence-corrected chi connectivity index (χ3v) is 3.68. The second kappa shape index (κ2) is 5.44. The molecule has 108 valence electrons. The van der Waals surface area contributed by atoms with E-state index in [9.17, 15) is 4.79 Å². The van der Waals surface area contributed by atoms with Crippen molar-refractivity contribution in [2.75, 3.05) is 5.73 Å². The molecule has 0 aliphatic heterocycles. The molecule has 0 bridgehead atoms. The molecule has 0 fully saturated rings. The number of hydrogen-bond donors (Lipinski definition) is 2. The van der Waals surface area contributed by atoms with Crippen molar-refractivity contribution < 1.29 is 9.53 Å². The van der Waals surface area contributed by atoms with Crippen LogP contribution >= 0.6 is 0 Å². The van der Waals surface area contributed by atoms with Gasteiger partial charge in [0.25, 0.3) is 5.91 Å². The van der Waals surface area contributed by atoms with Crippen LogP contribution in [0.25, 0.3) is 0 Å². The summed E-state index contributed by atoms with van der Waals surface area (Å²) in [7, 11) is 0. The van der Waals surface area contributed by atoms with E-state index in [0.29, 0.717) is 11.4 Å². The fraction of sp³-hybridized carbons (Fsp3) is 0.250. The predicted molar refractivity (Wildman–Crippen MR) is 80.3 cm³/mol.